The highest BCUT2D eigenvalue weighted by Crippen LogP contribution is 2.40. The summed E-state index contributed by atoms with van der Waals surface area (Å²) in [6.07, 6.45) is 3.32. The Bertz CT molecular complexity index is 1200. The monoisotopic (exact) mass is 460 g/mol. The number of aliphatic hydroxyl groups excluding tert-OH is 1. The number of ether oxygens (including phenoxy) is 1. The Morgan fingerprint density at radius 2 is 2.03 bits per heavy atom. The van der Waals surface area contributed by atoms with Gasteiger partial charge >= 0.3 is 6.18 Å². The highest BCUT2D eigenvalue weighted by Gasteiger charge is 2.45. The lowest BCUT2D eigenvalue weighted by atomic mass is 9.80. The summed E-state index contributed by atoms with van der Waals surface area (Å²) >= 11 is 0. The van der Waals surface area contributed by atoms with Gasteiger partial charge in [-0.15, -0.1) is 0 Å². The fourth-order valence-electron chi connectivity index (χ4n) is 4.49. The van der Waals surface area contributed by atoms with Gasteiger partial charge in [-0.3, -0.25) is 9.78 Å². The average Bonchev–Trinajstić information content (AvgIpc) is 3.56. The van der Waals surface area contributed by atoms with Crippen LogP contribution in [-0.2, 0) is 16.5 Å². The van der Waals surface area contributed by atoms with Crippen LogP contribution in [0.5, 0.6) is 0 Å². The SMILES string of the molecule is Cc1cn2cc(C3CC3)cnc2c1C(=O)NC1(c2ccc(C(F)(F)F)nc2)CCOCC1O. The lowest BCUT2D eigenvalue weighted by molar-refractivity contribution is -0.141. The third kappa shape index (κ3) is 3.87. The normalized spacial score (nSPS) is 23.6. The Hall–Kier alpha value is -2.98. The zero-order valence-corrected chi connectivity index (χ0v) is 17.9. The van der Waals surface area contributed by atoms with Crippen LogP contribution in [0.25, 0.3) is 5.65 Å². The number of rotatable bonds is 4. The fourth-order valence-corrected chi connectivity index (χ4v) is 4.49. The zero-order valence-electron chi connectivity index (χ0n) is 17.9. The molecule has 2 N–H and O–H groups in total. The van der Waals surface area contributed by atoms with E-state index < -0.39 is 29.4 Å². The molecule has 0 bridgehead atoms. The number of halogens is 3. The number of carbonyl (C=O) groups excluding carboxylic acids is 1. The molecule has 33 heavy (non-hydrogen) atoms. The van der Waals surface area contributed by atoms with E-state index in [0.717, 1.165) is 30.7 Å². The Labute approximate surface area is 187 Å². The van der Waals surface area contributed by atoms with E-state index in [0.29, 0.717) is 22.7 Å². The Balaban J connectivity index is 1.51. The van der Waals surface area contributed by atoms with Gasteiger partial charge in [0.2, 0.25) is 0 Å². The van der Waals surface area contributed by atoms with E-state index >= 15 is 0 Å². The van der Waals surface area contributed by atoms with Gasteiger partial charge in [0, 0.05) is 37.8 Å². The van der Waals surface area contributed by atoms with Crippen molar-refractivity contribution in [1.29, 1.82) is 0 Å². The van der Waals surface area contributed by atoms with E-state index in [-0.39, 0.29) is 25.2 Å². The summed E-state index contributed by atoms with van der Waals surface area (Å²) in [6.45, 7) is 1.95. The molecule has 3 aromatic heterocycles. The third-order valence-electron chi connectivity index (χ3n) is 6.49. The largest absolute Gasteiger partial charge is 0.433 e. The number of aromatic nitrogens is 3. The first-order chi connectivity index (χ1) is 15.7. The first-order valence-electron chi connectivity index (χ1n) is 10.8. The molecule has 1 aliphatic heterocycles. The molecule has 0 radical (unpaired) electrons. The van der Waals surface area contributed by atoms with Crippen LogP contribution in [0, 0.1) is 6.92 Å². The molecule has 1 amide bonds. The van der Waals surface area contributed by atoms with Crippen LogP contribution in [0.3, 0.4) is 0 Å². The summed E-state index contributed by atoms with van der Waals surface area (Å²) in [5, 5.41) is 13.7. The molecule has 2 unspecified atom stereocenters. The van der Waals surface area contributed by atoms with Crippen LogP contribution in [0.1, 0.15) is 57.9 Å². The molecule has 1 saturated heterocycles. The summed E-state index contributed by atoms with van der Waals surface area (Å²) < 4.78 is 46.1. The van der Waals surface area contributed by atoms with Gasteiger partial charge in [-0.25, -0.2) is 4.98 Å². The van der Waals surface area contributed by atoms with E-state index in [1.54, 1.807) is 13.1 Å². The predicted molar refractivity (Wildman–Crippen MR) is 112 cm³/mol. The summed E-state index contributed by atoms with van der Waals surface area (Å²) in [6, 6.07) is 2.10. The van der Waals surface area contributed by atoms with Crippen molar-refractivity contribution in [3.63, 3.8) is 0 Å². The van der Waals surface area contributed by atoms with Crippen molar-refractivity contribution in [3.05, 3.63) is 64.9 Å². The second kappa shape index (κ2) is 7.81. The number of hydrogen-bond acceptors (Lipinski definition) is 5. The molecule has 0 aromatic carbocycles. The average molecular weight is 460 g/mol. The van der Waals surface area contributed by atoms with E-state index in [1.807, 2.05) is 16.8 Å². The lowest BCUT2D eigenvalue weighted by Gasteiger charge is -2.42. The number of fused-ring (bicyclic) bond motifs is 1. The minimum atomic E-state index is -4.59. The second-order valence-corrected chi connectivity index (χ2v) is 8.78. The van der Waals surface area contributed by atoms with Gasteiger partial charge in [-0.2, -0.15) is 13.2 Å². The van der Waals surface area contributed by atoms with Crippen LogP contribution in [0.2, 0.25) is 0 Å². The summed E-state index contributed by atoms with van der Waals surface area (Å²) in [4.78, 5) is 21.5. The van der Waals surface area contributed by atoms with Gasteiger partial charge < -0.3 is 19.6 Å². The van der Waals surface area contributed by atoms with Gasteiger partial charge in [0.1, 0.15) is 17.4 Å². The molecule has 3 aromatic rings. The Morgan fingerprint density at radius 3 is 2.67 bits per heavy atom. The predicted octanol–water partition coefficient (Wildman–Crippen LogP) is 3.34. The van der Waals surface area contributed by atoms with Gasteiger partial charge in [0.15, 0.2) is 0 Å². The van der Waals surface area contributed by atoms with E-state index in [2.05, 4.69) is 15.3 Å². The van der Waals surface area contributed by atoms with Crippen molar-refractivity contribution in [2.45, 2.75) is 49.9 Å². The van der Waals surface area contributed by atoms with Gasteiger partial charge in [0.05, 0.1) is 17.7 Å². The zero-order chi connectivity index (χ0) is 23.4. The van der Waals surface area contributed by atoms with Crippen molar-refractivity contribution in [2.24, 2.45) is 0 Å². The first-order valence-corrected chi connectivity index (χ1v) is 10.8. The van der Waals surface area contributed by atoms with Gasteiger partial charge in [-0.05, 0) is 48.4 Å². The maximum absolute atomic E-state index is 13.5. The van der Waals surface area contributed by atoms with Crippen LogP contribution in [0.4, 0.5) is 13.2 Å². The molecular formula is C23H23F3N4O3. The number of amides is 1. The second-order valence-electron chi connectivity index (χ2n) is 8.78. The topological polar surface area (TPSA) is 88.8 Å². The number of nitrogens with one attached hydrogen (secondary N) is 1. The molecule has 4 heterocycles. The third-order valence-corrected chi connectivity index (χ3v) is 6.49. The molecule has 2 aliphatic rings. The maximum atomic E-state index is 13.5. The van der Waals surface area contributed by atoms with Crippen LogP contribution in [-0.4, -0.2) is 44.7 Å². The highest BCUT2D eigenvalue weighted by atomic mass is 19.4. The van der Waals surface area contributed by atoms with E-state index in [4.69, 9.17) is 4.74 Å². The summed E-state index contributed by atoms with van der Waals surface area (Å²) in [5.41, 5.74) is 0.559. The fraction of sp³-hybridized carbons (Fsp3) is 0.435. The van der Waals surface area contributed by atoms with Crippen LogP contribution < -0.4 is 5.32 Å². The summed E-state index contributed by atoms with van der Waals surface area (Å²) in [5.74, 6) is 0.0391. The van der Waals surface area contributed by atoms with Crippen molar-refractivity contribution >= 4 is 11.6 Å². The number of nitrogens with zero attached hydrogens (tertiary/aromatic N) is 3. The standard InChI is InChI=1S/C23H23F3N4O3/c1-13-10-30-11-15(14-2-3-14)8-28-20(30)19(13)21(32)29-22(6-7-33-12-18(22)31)16-4-5-17(27-9-16)23(24,25)26/h4-5,8-11,14,18,31H,2-3,6-7,12H2,1H3,(H,29,32). The summed E-state index contributed by atoms with van der Waals surface area (Å²) in [7, 11) is 0. The van der Waals surface area contributed by atoms with Gasteiger partial charge in [0.25, 0.3) is 5.91 Å². The van der Waals surface area contributed by atoms with E-state index in [9.17, 15) is 23.1 Å². The molecule has 10 heteroatoms. The quantitative estimate of drug-likeness (QED) is 0.624. The number of hydrogen-bond donors (Lipinski definition) is 2. The maximum Gasteiger partial charge on any atom is 0.433 e. The van der Waals surface area contributed by atoms with Crippen LogP contribution >= 0.6 is 0 Å². The van der Waals surface area contributed by atoms with Gasteiger partial charge in [-0.1, -0.05) is 6.07 Å². The lowest BCUT2D eigenvalue weighted by Crippen LogP contribution is -2.58. The van der Waals surface area contributed by atoms with Crippen molar-refractivity contribution in [3.8, 4) is 0 Å². The van der Waals surface area contributed by atoms with Crippen molar-refractivity contribution in [2.75, 3.05) is 13.2 Å². The number of carbonyl (C=O) groups is 1. The number of aliphatic hydroxyl groups is 1. The molecule has 1 saturated carbocycles. The molecular weight excluding hydrogens is 437 g/mol. The number of pyridine rings is 1. The highest BCUT2D eigenvalue weighted by molar-refractivity contribution is 6.02. The molecule has 2 fully saturated rings. The Kier molecular flexibility index (Phi) is 5.17. The minimum Gasteiger partial charge on any atom is -0.388 e. The molecule has 174 valence electrons. The Morgan fingerprint density at radius 1 is 1.24 bits per heavy atom. The van der Waals surface area contributed by atoms with E-state index in [1.165, 1.54) is 6.07 Å². The van der Waals surface area contributed by atoms with Crippen molar-refractivity contribution < 1.29 is 27.8 Å². The molecule has 5 rings (SSSR count). The molecule has 1 aliphatic carbocycles. The van der Waals surface area contributed by atoms with Crippen LogP contribution in [0.15, 0.2) is 36.9 Å². The number of alkyl halides is 3. The minimum absolute atomic E-state index is 0.0697. The molecule has 7 nitrogen and oxygen atoms in total. The first kappa shape index (κ1) is 21.8. The number of aryl methyl sites for hydroxylation is 1. The smallest absolute Gasteiger partial charge is 0.388 e. The molecule has 0 spiro atoms. The van der Waals surface area contributed by atoms with Crippen molar-refractivity contribution in [1.82, 2.24) is 19.7 Å². The molecule has 2 atom stereocenters.